The Morgan fingerprint density at radius 3 is 2.60 bits per heavy atom. The summed E-state index contributed by atoms with van der Waals surface area (Å²) in [4.78, 5) is 25.0. The molecule has 0 spiro atoms. The van der Waals surface area contributed by atoms with Crippen LogP contribution in [0.1, 0.15) is 24.1 Å². The first-order valence-corrected chi connectivity index (χ1v) is 8.38. The van der Waals surface area contributed by atoms with E-state index in [2.05, 4.69) is 11.7 Å². The zero-order valence-corrected chi connectivity index (χ0v) is 14.1. The lowest BCUT2D eigenvalue weighted by Gasteiger charge is -2.22. The molecule has 0 radical (unpaired) electrons. The third kappa shape index (κ3) is 4.35. The van der Waals surface area contributed by atoms with Gasteiger partial charge >= 0.3 is 0 Å². The fourth-order valence-corrected chi connectivity index (χ4v) is 2.77. The Bertz CT molecular complexity index is 775. The maximum atomic E-state index is 12.4. The number of primary amides is 1. The minimum absolute atomic E-state index is 0.179. The van der Waals surface area contributed by atoms with Gasteiger partial charge in [-0.25, -0.2) is 0 Å². The molecule has 0 unspecified atom stereocenters. The fraction of sp³-hybridized carbons (Fsp3) is 0.316. The molecule has 25 heavy (non-hydrogen) atoms. The number of hydrogen-bond donors (Lipinski definition) is 1. The summed E-state index contributed by atoms with van der Waals surface area (Å²) in [6.45, 7) is 4.92. The number of rotatable bonds is 8. The molecule has 0 saturated heterocycles. The first-order chi connectivity index (χ1) is 12.1. The maximum Gasteiger partial charge on any atom is 0.250 e. The van der Waals surface area contributed by atoms with E-state index in [0.717, 1.165) is 23.5 Å². The normalized spacial score (nSPS) is 13.4. The molecule has 1 aromatic heterocycles. The van der Waals surface area contributed by atoms with E-state index in [1.54, 1.807) is 11.1 Å². The van der Waals surface area contributed by atoms with Crippen molar-refractivity contribution in [3.8, 4) is 0 Å². The fourth-order valence-electron chi connectivity index (χ4n) is 2.77. The molecular formula is C19H22N4O2. The molecule has 1 saturated carbocycles. The van der Waals surface area contributed by atoms with E-state index in [1.807, 2.05) is 35.0 Å². The molecule has 1 heterocycles. The van der Waals surface area contributed by atoms with Crippen molar-refractivity contribution in [1.29, 1.82) is 0 Å². The molecule has 2 amide bonds. The second kappa shape index (κ2) is 7.34. The van der Waals surface area contributed by atoms with Crippen LogP contribution >= 0.6 is 0 Å². The van der Waals surface area contributed by atoms with Gasteiger partial charge in [0.05, 0.1) is 18.7 Å². The summed E-state index contributed by atoms with van der Waals surface area (Å²) < 4.78 is 1.97. The second-order valence-electron chi connectivity index (χ2n) is 6.39. The van der Waals surface area contributed by atoms with Crippen LogP contribution in [0.2, 0.25) is 0 Å². The first kappa shape index (κ1) is 17.0. The van der Waals surface area contributed by atoms with E-state index in [4.69, 9.17) is 5.73 Å². The number of nitrogens with zero attached hydrogens (tertiary/aromatic N) is 3. The molecule has 0 bridgehead atoms. The van der Waals surface area contributed by atoms with Gasteiger partial charge in [0, 0.05) is 18.4 Å². The molecule has 6 heteroatoms. The summed E-state index contributed by atoms with van der Waals surface area (Å²) in [7, 11) is 0. The first-order valence-electron chi connectivity index (χ1n) is 8.38. The summed E-state index contributed by atoms with van der Waals surface area (Å²) >= 11 is 0. The van der Waals surface area contributed by atoms with Crippen molar-refractivity contribution in [2.45, 2.75) is 32.4 Å². The van der Waals surface area contributed by atoms with E-state index in [1.165, 1.54) is 18.9 Å². The quantitative estimate of drug-likeness (QED) is 0.748. The Labute approximate surface area is 146 Å². The van der Waals surface area contributed by atoms with Crippen LogP contribution in [0, 0.1) is 5.92 Å². The molecule has 3 rings (SSSR count). The average Bonchev–Trinajstić information content (AvgIpc) is 3.30. The Kier molecular flexibility index (Phi) is 4.97. The highest BCUT2D eigenvalue weighted by Crippen LogP contribution is 2.31. The summed E-state index contributed by atoms with van der Waals surface area (Å²) in [5.41, 5.74) is 7.77. The molecule has 2 aromatic rings. The van der Waals surface area contributed by atoms with E-state index < -0.39 is 0 Å². The van der Waals surface area contributed by atoms with Gasteiger partial charge in [-0.05, 0) is 48.6 Å². The van der Waals surface area contributed by atoms with Crippen LogP contribution in [0.5, 0.6) is 0 Å². The van der Waals surface area contributed by atoms with Crippen molar-refractivity contribution in [3.05, 3.63) is 60.4 Å². The van der Waals surface area contributed by atoms with Crippen LogP contribution in [0.3, 0.4) is 0 Å². The molecule has 1 fully saturated rings. The second-order valence-corrected chi connectivity index (χ2v) is 6.39. The van der Waals surface area contributed by atoms with Crippen molar-refractivity contribution in [2.75, 3.05) is 4.90 Å². The SMILES string of the molecule is C=CC(=O)N(Cc1ccnn1CC1CC1)c1ccc(CC(N)=O)cc1. The van der Waals surface area contributed by atoms with Crippen molar-refractivity contribution < 1.29 is 9.59 Å². The van der Waals surface area contributed by atoms with Crippen LogP contribution in [0.15, 0.2) is 49.2 Å². The van der Waals surface area contributed by atoms with Crippen LogP contribution in [0.25, 0.3) is 0 Å². The number of carbonyl (C=O) groups is 2. The van der Waals surface area contributed by atoms with E-state index >= 15 is 0 Å². The van der Waals surface area contributed by atoms with Gasteiger partial charge in [-0.15, -0.1) is 0 Å². The lowest BCUT2D eigenvalue weighted by Crippen LogP contribution is -2.30. The van der Waals surface area contributed by atoms with Gasteiger partial charge in [-0.3, -0.25) is 14.3 Å². The molecule has 0 atom stereocenters. The molecule has 2 N–H and O–H groups in total. The maximum absolute atomic E-state index is 12.4. The minimum atomic E-state index is -0.379. The zero-order valence-electron chi connectivity index (χ0n) is 14.1. The highest BCUT2D eigenvalue weighted by molar-refractivity contribution is 6.00. The largest absolute Gasteiger partial charge is 0.369 e. The summed E-state index contributed by atoms with van der Waals surface area (Å²) in [6.07, 6.45) is 5.75. The minimum Gasteiger partial charge on any atom is -0.369 e. The van der Waals surface area contributed by atoms with Crippen molar-refractivity contribution >= 4 is 17.5 Å². The molecule has 0 aliphatic heterocycles. The predicted molar refractivity (Wildman–Crippen MR) is 95.7 cm³/mol. The van der Waals surface area contributed by atoms with Crippen LogP contribution in [-0.4, -0.2) is 21.6 Å². The number of nitrogens with two attached hydrogens (primary N) is 1. The van der Waals surface area contributed by atoms with Crippen molar-refractivity contribution in [1.82, 2.24) is 9.78 Å². The molecule has 1 aliphatic carbocycles. The summed E-state index contributed by atoms with van der Waals surface area (Å²) in [5, 5.41) is 4.38. The van der Waals surface area contributed by atoms with Gasteiger partial charge < -0.3 is 10.6 Å². The molecular weight excluding hydrogens is 316 g/mol. The Morgan fingerprint density at radius 1 is 1.28 bits per heavy atom. The monoisotopic (exact) mass is 338 g/mol. The van der Waals surface area contributed by atoms with Gasteiger partial charge in [-0.1, -0.05) is 18.7 Å². The summed E-state index contributed by atoms with van der Waals surface area (Å²) in [6, 6.07) is 9.20. The van der Waals surface area contributed by atoms with Crippen molar-refractivity contribution in [2.24, 2.45) is 11.7 Å². The number of hydrogen-bond acceptors (Lipinski definition) is 3. The zero-order chi connectivity index (χ0) is 17.8. The van der Waals surface area contributed by atoms with Gasteiger partial charge in [0.2, 0.25) is 5.91 Å². The van der Waals surface area contributed by atoms with Crippen LogP contribution < -0.4 is 10.6 Å². The standard InChI is InChI=1S/C19H22N4O2/c1-2-19(25)22(16-7-5-14(6-8-16)11-18(20)24)13-17-9-10-21-23(17)12-15-3-4-15/h2,5-10,15H,1,3-4,11-13H2,(H2,20,24). The topological polar surface area (TPSA) is 81.2 Å². The van der Waals surface area contributed by atoms with E-state index in [0.29, 0.717) is 12.5 Å². The average molecular weight is 338 g/mol. The van der Waals surface area contributed by atoms with Gasteiger partial charge in [-0.2, -0.15) is 5.10 Å². The van der Waals surface area contributed by atoms with Gasteiger partial charge in [0.1, 0.15) is 0 Å². The third-order valence-electron chi connectivity index (χ3n) is 4.32. The van der Waals surface area contributed by atoms with Gasteiger partial charge in [0.15, 0.2) is 0 Å². The lowest BCUT2D eigenvalue weighted by molar-refractivity contribution is -0.117. The van der Waals surface area contributed by atoms with Crippen LogP contribution in [-0.2, 0) is 29.1 Å². The summed E-state index contributed by atoms with van der Waals surface area (Å²) in [5.74, 6) is 0.146. The Morgan fingerprint density at radius 2 is 2.00 bits per heavy atom. The number of carbonyl (C=O) groups excluding carboxylic acids is 2. The van der Waals surface area contributed by atoms with Crippen LogP contribution in [0.4, 0.5) is 5.69 Å². The molecule has 130 valence electrons. The van der Waals surface area contributed by atoms with Gasteiger partial charge in [0.25, 0.3) is 5.91 Å². The number of anilines is 1. The molecule has 1 aliphatic rings. The highest BCUT2D eigenvalue weighted by atomic mass is 16.2. The molecule has 6 nitrogen and oxygen atoms in total. The van der Waals surface area contributed by atoms with E-state index in [-0.39, 0.29) is 18.2 Å². The number of amides is 2. The predicted octanol–water partition coefficient (Wildman–Crippen LogP) is 2.04. The Hall–Kier alpha value is -2.89. The third-order valence-corrected chi connectivity index (χ3v) is 4.32. The highest BCUT2D eigenvalue weighted by Gasteiger charge is 2.24. The number of aromatic nitrogens is 2. The number of benzene rings is 1. The van der Waals surface area contributed by atoms with Crippen molar-refractivity contribution in [3.63, 3.8) is 0 Å². The smallest absolute Gasteiger partial charge is 0.250 e. The Balaban J connectivity index is 1.80. The van der Waals surface area contributed by atoms with E-state index in [9.17, 15) is 9.59 Å². The molecule has 1 aromatic carbocycles. The lowest BCUT2D eigenvalue weighted by atomic mass is 10.1.